The molecule has 0 fully saturated rings. The lowest BCUT2D eigenvalue weighted by molar-refractivity contribution is -0.138. The summed E-state index contributed by atoms with van der Waals surface area (Å²) in [5, 5.41) is 10.5. The predicted octanol–water partition coefficient (Wildman–Crippen LogP) is 4.23. The number of Topliss-reactive ketones (excluding diaryl/α,β-unsaturated/α-hetero) is 1. The van der Waals surface area contributed by atoms with Gasteiger partial charge in [-0.15, -0.1) is 0 Å². The SMILES string of the molecule is Cc1ccc(C(=O)CC(C(=O)O)c2c[nH]c3ccccc23)cc1C. The molecule has 0 saturated carbocycles. The summed E-state index contributed by atoms with van der Waals surface area (Å²) < 4.78 is 0. The minimum absolute atomic E-state index is 0.0559. The van der Waals surface area contributed by atoms with E-state index in [1.807, 2.05) is 50.2 Å². The van der Waals surface area contributed by atoms with Gasteiger partial charge in [0.1, 0.15) is 0 Å². The number of ketones is 1. The van der Waals surface area contributed by atoms with Crippen molar-refractivity contribution < 1.29 is 14.7 Å². The number of aryl methyl sites for hydroxylation is 2. The summed E-state index contributed by atoms with van der Waals surface area (Å²) in [6, 6.07) is 13.0. The van der Waals surface area contributed by atoms with Gasteiger partial charge in [-0.2, -0.15) is 0 Å². The van der Waals surface area contributed by atoms with Crippen LogP contribution in [-0.2, 0) is 4.79 Å². The van der Waals surface area contributed by atoms with Crippen LogP contribution < -0.4 is 0 Å². The number of rotatable bonds is 5. The van der Waals surface area contributed by atoms with E-state index in [9.17, 15) is 14.7 Å². The minimum atomic E-state index is -0.989. The molecule has 3 rings (SSSR count). The number of benzene rings is 2. The molecule has 3 aromatic rings. The van der Waals surface area contributed by atoms with E-state index in [2.05, 4.69) is 4.98 Å². The van der Waals surface area contributed by atoms with E-state index in [0.29, 0.717) is 11.1 Å². The van der Waals surface area contributed by atoms with Crippen LogP contribution in [0.1, 0.15) is 39.4 Å². The van der Waals surface area contributed by atoms with E-state index in [4.69, 9.17) is 0 Å². The van der Waals surface area contributed by atoms with Crippen LogP contribution in [-0.4, -0.2) is 21.8 Å². The molecular weight excluding hydrogens is 302 g/mol. The van der Waals surface area contributed by atoms with E-state index >= 15 is 0 Å². The standard InChI is InChI=1S/C20H19NO3/c1-12-7-8-14(9-13(12)2)19(22)10-16(20(23)24)17-11-21-18-6-4-3-5-15(17)18/h3-9,11,16,21H,10H2,1-2H3,(H,23,24). The zero-order chi connectivity index (χ0) is 17.3. The molecule has 122 valence electrons. The molecule has 0 bridgehead atoms. The summed E-state index contributed by atoms with van der Waals surface area (Å²) in [5.41, 5.74) is 4.22. The van der Waals surface area contributed by atoms with Crippen molar-refractivity contribution in [2.75, 3.05) is 0 Å². The third-order valence-electron chi connectivity index (χ3n) is 4.51. The normalized spacial score (nSPS) is 12.2. The zero-order valence-corrected chi connectivity index (χ0v) is 13.7. The molecule has 0 radical (unpaired) electrons. The highest BCUT2D eigenvalue weighted by atomic mass is 16.4. The Hall–Kier alpha value is -2.88. The fourth-order valence-corrected chi connectivity index (χ4v) is 2.93. The number of hydrogen-bond acceptors (Lipinski definition) is 2. The number of carboxylic acid groups (broad SMARTS) is 1. The van der Waals surface area contributed by atoms with Crippen molar-refractivity contribution in [3.05, 3.63) is 70.9 Å². The van der Waals surface area contributed by atoms with Gasteiger partial charge in [0.2, 0.25) is 0 Å². The monoisotopic (exact) mass is 321 g/mol. The third kappa shape index (κ3) is 2.95. The molecule has 4 nitrogen and oxygen atoms in total. The topological polar surface area (TPSA) is 70.2 Å². The molecule has 1 aromatic heterocycles. The summed E-state index contributed by atoms with van der Waals surface area (Å²) in [6.45, 7) is 3.93. The Bertz CT molecular complexity index is 924. The third-order valence-corrected chi connectivity index (χ3v) is 4.51. The number of para-hydroxylation sites is 1. The molecule has 0 aliphatic carbocycles. The van der Waals surface area contributed by atoms with Crippen LogP contribution in [0.2, 0.25) is 0 Å². The van der Waals surface area contributed by atoms with Gasteiger partial charge in [-0.1, -0.05) is 30.3 Å². The van der Waals surface area contributed by atoms with Crippen LogP contribution in [0.4, 0.5) is 0 Å². The number of carboxylic acids is 1. The lowest BCUT2D eigenvalue weighted by atomic mass is 9.90. The number of aromatic nitrogens is 1. The Morgan fingerprint density at radius 1 is 1.08 bits per heavy atom. The van der Waals surface area contributed by atoms with Crippen LogP contribution >= 0.6 is 0 Å². The molecule has 1 heterocycles. The van der Waals surface area contributed by atoms with E-state index in [-0.39, 0.29) is 12.2 Å². The van der Waals surface area contributed by atoms with Crippen LogP contribution in [0.3, 0.4) is 0 Å². The maximum absolute atomic E-state index is 12.6. The van der Waals surface area contributed by atoms with E-state index < -0.39 is 11.9 Å². The second-order valence-electron chi connectivity index (χ2n) is 6.11. The molecule has 1 atom stereocenters. The van der Waals surface area contributed by atoms with Gasteiger partial charge in [0.15, 0.2) is 5.78 Å². The van der Waals surface area contributed by atoms with Gasteiger partial charge in [0.25, 0.3) is 0 Å². The van der Waals surface area contributed by atoms with E-state index in [1.165, 1.54) is 0 Å². The van der Waals surface area contributed by atoms with Crippen molar-refractivity contribution in [2.45, 2.75) is 26.2 Å². The van der Waals surface area contributed by atoms with Gasteiger partial charge >= 0.3 is 5.97 Å². The highest BCUT2D eigenvalue weighted by Gasteiger charge is 2.26. The first-order chi connectivity index (χ1) is 11.5. The maximum atomic E-state index is 12.6. The molecule has 0 aliphatic rings. The largest absolute Gasteiger partial charge is 0.481 e. The summed E-state index contributed by atoms with van der Waals surface area (Å²) in [6.07, 6.45) is 1.64. The average molecular weight is 321 g/mol. The second kappa shape index (κ2) is 6.32. The molecule has 4 heteroatoms. The second-order valence-corrected chi connectivity index (χ2v) is 6.11. The van der Waals surface area contributed by atoms with Crippen LogP contribution in [0, 0.1) is 13.8 Å². The van der Waals surface area contributed by atoms with Gasteiger partial charge in [0.05, 0.1) is 5.92 Å². The quantitative estimate of drug-likeness (QED) is 0.691. The molecule has 2 aromatic carbocycles. The van der Waals surface area contributed by atoms with Crippen LogP contribution in [0.15, 0.2) is 48.7 Å². The summed E-state index contributed by atoms with van der Waals surface area (Å²) >= 11 is 0. The lowest BCUT2D eigenvalue weighted by Gasteiger charge is -2.12. The van der Waals surface area contributed by atoms with Crippen molar-refractivity contribution in [1.29, 1.82) is 0 Å². The smallest absolute Gasteiger partial charge is 0.311 e. The Morgan fingerprint density at radius 2 is 1.83 bits per heavy atom. The zero-order valence-electron chi connectivity index (χ0n) is 13.7. The number of carbonyl (C=O) groups is 2. The number of fused-ring (bicyclic) bond motifs is 1. The first-order valence-corrected chi connectivity index (χ1v) is 7.86. The summed E-state index contributed by atoms with van der Waals surface area (Å²) in [4.78, 5) is 27.4. The Morgan fingerprint density at radius 3 is 2.54 bits per heavy atom. The molecular formula is C20H19NO3. The van der Waals surface area contributed by atoms with Gasteiger partial charge < -0.3 is 10.1 Å². The fraction of sp³-hybridized carbons (Fsp3) is 0.200. The van der Waals surface area contributed by atoms with Crippen molar-refractivity contribution in [3.8, 4) is 0 Å². The fourth-order valence-electron chi connectivity index (χ4n) is 2.93. The van der Waals surface area contributed by atoms with Crippen molar-refractivity contribution in [2.24, 2.45) is 0 Å². The maximum Gasteiger partial charge on any atom is 0.311 e. The minimum Gasteiger partial charge on any atom is -0.481 e. The van der Waals surface area contributed by atoms with Crippen molar-refractivity contribution in [3.63, 3.8) is 0 Å². The summed E-state index contributed by atoms with van der Waals surface area (Å²) in [7, 11) is 0. The first kappa shape index (κ1) is 16.0. The lowest BCUT2D eigenvalue weighted by Crippen LogP contribution is -2.16. The summed E-state index contributed by atoms with van der Waals surface area (Å²) in [5.74, 6) is -2.01. The highest BCUT2D eigenvalue weighted by Crippen LogP contribution is 2.29. The van der Waals surface area contributed by atoms with Gasteiger partial charge in [-0.05, 0) is 42.7 Å². The van der Waals surface area contributed by atoms with E-state index in [1.54, 1.807) is 12.3 Å². The molecule has 24 heavy (non-hydrogen) atoms. The average Bonchev–Trinajstić information content (AvgIpc) is 2.98. The first-order valence-electron chi connectivity index (χ1n) is 7.86. The highest BCUT2D eigenvalue weighted by molar-refractivity contribution is 6.00. The molecule has 0 amide bonds. The van der Waals surface area contributed by atoms with E-state index in [0.717, 1.165) is 22.0 Å². The predicted molar refractivity (Wildman–Crippen MR) is 93.5 cm³/mol. The molecule has 2 N–H and O–H groups in total. The number of H-pyrrole nitrogens is 1. The van der Waals surface area contributed by atoms with Gasteiger partial charge in [-0.3, -0.25) is 9.59 Å². The number of carbonyl (C=O) groups excluding carboxylic acids is 1. The van der Waals surface area contributed by atoms with Crippen LogP contribution in [0.5, 0.6) is 0 Å². The molecule has 1 unspecified atom stereocenters. The molecule has 0 aliphatic heterocycles. The Balaban J connectivity index is 1.93. The van der Waals surface area contributed by atoms with Crippen molar-refractivity contribution >= 4 is 22.7 Å². The van der Waals surface area contributed by atoms with Gasteiger partial charge in [-0.25, -0.2) is 0 Å². The molecule has 0 spiro atoms. The van der Waals surface area contributed by atoms with Crippen LogP contribution in [0.25, 0.3) is 10.9 Å². The van der Waals surface area contributed by atoms with Crippen molar-refractivity contribution in [1.82, 2.24) is 4.98 Å². The number of aromatic amines is 1. The number of hydrogen-bond donors (Lipinski definition) is 2. The number of aliphatic carboxylic acids is 1. The Labute approximate surface area is 140 Å². The number of nitrogens with one attached hydrogen (secondary N) is 1. The molecule has 0 saturated heterocycles. The van der Waals surface area contributed by atoms with Gasteiger partial charge in [0, 0.05) is 29.1 Å². The Kier molecular flexibility index (Phi) is 4.21.